The van der Waals surface area contributed by atoms with Crippen molar-refractivity contribution in [3.8, 4) is 11.3 Å². The zero-order valence-electron chi connectivity index (χ0n) is 16.7. The molecule has 150 valence electrons. The van der Waals surface area contributed by atoms with E-state index in [1.165, 1.54) is 0 Å². The minimum Gasteiger partial charge on any atom is -0.355 e. The molecule has 3 aromatic carbocycles. The Balaban J connectivity index is 1.47. The van der Waals surface area contributed by atoms with Crippen molar-refractivity contribution in [2.75, 3.05) is 11.9 Å². The monoisotopic (exact) mass is 399 g/mol. The van der Waals surface area contributed by atoms with Crippen LogP contribution in [0, 0.1) is 13.8 Å². The lowest BCUT2D eigenvalue weighted by Gasteiger charge is -2.11. The molecule has 0 fully saturated rings. The first-order valence-corrected chi connectivity index (χ1v) is 9.62. The third-order valence-electron chi connectivity index (χ3n) is 5.06. The molecule has 0 saturated carbocycles. The Morgan fingerprint density at radius 3 is 2.57 bits per heavy atom. The molecule has 4 rings (SSSR count). The van der Waals surface area contributed by atoms with Gasteiger partial charge in [0.25, 0.3) is 5.91 Å². The maximum Gasteiger partial charge on any atom is 0.251 e. The molecule has 4 aromatic rings. The van der Waals surface area contributed by atoms with Crippen molar-refractivity contribution in [1.82, 2.24) is 10.5 Å². The third-order valence-corrected chi connectivity index (χ3v) is 5.06. The van der Waals surface area contributed by atoms with E-state index in [1.54, 1.807) is 18.2 Å². The lowest BCUT2D eigenvalue weighted by molar-refractivity contribution is -0.115. The van der Waals surface area contributed by atoms with Crippen LogP contribution in [0.1, 0.15) is 21.5 Å². The summed E-state index contributed by atoms with van der Waals surface area (Å²) in [6.07, 6.45) is 0. The number of carbonyl (C=O) groups is 2. The molecule has 0 unspecified atom stereocenters. The predicted molar refractivity (Wildman–Crippen MR) is 116 cm³/mol. The highest BCUT2D eigenvalue weighted by molar-refractivity contribution is 6.03. The number of nitrogens with one attached hydrogen (secondary N) is 2. The molecule has 0 bridgehead atoms. The number of aryl methyl sites for hydroxylation is 1. The van der Waals surface area contributed by atoms with E-state index in [9.17, 15) is 9.59 Å². The molecule has 0 radical (unpaired) electrons. The molecule has 0 aliphatic rings. The fourth-order valence-corrected chi connectivity index (χ4v) is 3.22. The summed E-state index contributed by atoms with van der Waals surface area (Å²) < 4.78 is 5.48. The van der Waals surface area contributed by atoms with Crippen LogP contribution in [-0.4, -0.2) is 23.5 Å². The van der Waals surface area contributed by atoms with Crippen molar-refractivity contribution in [3.05, 3.63) is 83.4 Å². The van der Waals surface area contributed by atoms with Gasteiger partial charge in [0.1, 0.15) is 5.52 Å². The number of carbonyl (C=O) groups excluding carboxylic acids is 2. The first-order valence-electron chi connectivity index (χ1n) is 9.62. The minimum absolute atomic E-state index is 0.126. The Hall–Kier alpha value is -3.93. The number of anilines is 1. The molecular formula is C24H21N3O3. The van der Waals surface area contributed by atoms with E-state index < -0.39 is 0 Å². The Kier molecular flexibility index (Phi) is 5.30. The van der Waals surface area contributed by atoms with E-state index in [0.717, 1.165) is 27.8 Å². The number of hydrogen-bond donors (Lipinski definition) is 2. The molecule has 6 nitrogen and oxygen atoms in total. The first-order chi connectivity index (χ1) is 14.5. The summed E-state index contributed by atoms with van der Waals surface area (Å²) in [7, 11) is 0. The van der Waals surface area contributed by atoms with Crippen LogP contribution in [0.15, 0.2) is 71.3 Å². The van der Waals surface area contributed by atoms with Gasteiger partial charge in [-0.25, -0.2) is 0 Å². The number of benzene rings is 3. The summed E-state index contributed by atoms with van der Waals surface area (Å²) in [6, 6.07) is 20.4. The van der Waals surface area contributed by atoms with Crippen LogP contribution in [0.25, 0.3) is 22.2 Å². The van der Waals surface area contributed by atoms with Gasteiger partial charge in [0.2, 0.25) is 5.91 Å². The topological polar surface area (TPSA) is 84.2 Å². The summed E-state index contributed by atoms with van der Waals surface area (Å²) >= 11 is 0. The molecule has 1 heterocycles. The molecule has 0 spiro atoms. The highest BCUT2D eigenvalue weighted by atomic mass is 16.5. The second-order valence-corrected chi connectivity index (χ2v) is 7.09. The van der Waals surface area contributed by atoms with Crippen LogP contribution in [0.3, 0.4) is 0 Å². The van der Waals surface area contributed by atoms with Gasteiger partial charge >= 0.3 is 0 Å². The molecule has 6 heteroatoms. The fourth-order valence-electron chi connectivity index (χ4n) is 3.22. The van der Waals surface area contributed by atoms with Crippen molar-refractivity contribution in [3.63, 3.8) is 0 Å². The third kappa shape index (κ3) is 3.93. The van der Waals surface area contributed by atoms with Crippen LogP contribution >= 0.6 is 0 Å². The normalized spacial score (nSPS) is 10.7. The SMILES string of the molecule is Cc1cccc(NC(=O)CNC(=O)c2ccc3noc(-c4ccccc4)c3c2)c1C. The largest absolute Gasteiger partial charge is 0.355 e. The Labute approximate surface area is 173 Å². The van der Waals surface area contributed by atoms with Gasteiger partial charge in [-0.3, -0.25) is 9.59 Å². The second kappa shape index (κ2) is 8.21. The van der Waals surface area contributed by atoms with E-state index in [-0.39, 0.29) is 18.4 Å². The average Bonchev–Trinajstić information content (AvgIpc) is 3.19. The number of hydrogen-bond acceptors (Lipinski definition) is 4. The lowest BCUT2D eigenvalue weighted by Crippen LogP contribution is -2.33. The van der Waals surface area contributed by atoms with E-state index in [2.05, 4.69) is 15.8 Å². The van der Waals surface area contributed by atoms with Crippen molar-refractivity contribution in [2.45, 2.75) is 13.8 Å². The Morgan fingerprint density at radius 2 is 1.77 bits per heavy atom. The number of aromatic nitrogens is 1. The standard InChI is InChI=1S/C24H21N3O3/c1-15-7-6-10-20(16(15)2)26-22(28)14-25-24(29)18-11-12-21-19(13-18)23(30-27-21)17-8-4-3-5-9-17/h3-13H,14H2,1-2H3,(H,25,29)(H,26,28). The van der Waals surface area contributed by atoms with Crippen LogP contribution in [0.5, 0.6) is 0 Å². The highest BCUT2D eigenvalue weighted by Gasteiger charge is 2.15. The van der Waals surface area contributed by atoms with Gasteiger partial charge in [-0.1, -0.05) is 47.6 Å². The maximum atomic E-state index is 12.6. The van der Waals surface area contributed by atoms with Gasteiger partial charge < -0.3 is 15.2 Å². The molecular weight excluding hydrogens is 378 g/mol. The number of amides is 2. The summed E-state index contributed by atoms with van der Waals surface area (Å²) in [4.78, 5) is 24.9. The van der Waals surface area contributed by atoms with Gasteiger partial charge in [-0.15, -0.1) is 0 Å². The van der Waals surface area contributed by atoms with E-state index in [0.29, 0.717) is 16.8 Å². The van der Waals surface area contributed by atoms with E-state index in [4.69, 9.17) is 4.52 Å². The van der Waals surface area contributed by atoms with Gasteiger partial charge in [0, 0.05) is 16.8 Å². The maximum absolute atomic E-state index is 12.6. The molecule has 2 N–H and O–H groups in total. The summed E-state index contributed by atoms with van der Waals surface area (Å²) in [5.74, 6) is -0.0192. The molecule has 0 aliphatic carbocycles. The molecule has 0 saturated heterocycles. The number of fused-ring (bicyclic) bond motifs is 1. The predicted octanol–water partition coefficient (Wildman–Crippen LogP) is 4.48. The lowest BCUT2D eigenvalue weighted by atomic mass is 10.1. The summed E-state index contributed by atoms with van der Waals surface area (Å²) in [5, 5.41) is 10.3. The molecule has 0 aliphatic heterocycles. The van der Waals surface area contributed by atoms with Crippen LogP contribution in [0.4, 0.5) is 5.69 Å². The molecule has 30 heavy (non-hydrogen) atoms. The first kappa shape index (κ1) is 19.4. The Morgan fingerprint density at radius 1 is 0.967 bits per heavy atom. The van der Waals surface area contributed by atoms with Crippen LogP contribution in [-0.2, 0) is 4.79 Å². The number of rotatable bonds is 5. The summed E-state index contributed by atoms with van der Waals surface area (Å²) in [5.41, 5.74) is 4.81. The highest BCUT2D eigenvalue weighted by Crippen LogP contribution is 2.29. The minimum atomic E-state index is -0.340. The van der Waals surface area contributed by atoms with Gasteiger partial charge in [0.05, 0.1) is 11.9 Å². The number of nitrogens with zero attached hydrogens (tertiary/aromatic N) is 1. The smallest absolute Gasteiger partial charge is 0.251 e. The summed E-state index contributed by atoms with van der Waals surface area (Å²) in [6.45, 7) is 3.80. The van der Waals surface area contributed by atoms with Crippen LogP contribution < -0.4 is 10.6 Å². The quantitative estimate of drug-likeness (QED) is 0.518. The fraction of sp³-hybridized carbons (Fsp3) is 0.125. The Bertz CT molecular complexity index is 1230. The van der Waals surface area contributed by atoms with E-state index in [1.807, 2.05) is 62.4 Å². The van der Waals surface area contributed by atoms with Crippen molar-refractivity contribution in [1.29, 1.82) is 0 Å². The molecule has 1 aromatic heterocycles. The van der Waals surface area contributed by atoms with Crippen molar-refractivity contribution in [2.24, 2.45) is 0 Å². The van der Waals surface area contributed by atoms with Gasteiger partial charge in [-0.05, 0) is 49.2 Å². The van der Waals surface area contributed by atoms with Crippen molar-refractivity contribution < 1.29 is 14.1 Å². The zero-order chi connectivity index (χ0) is 21.1. The average molecular weight is 399 g/mol. The molecule has 0 atom stereocenters. The second-order valence-electron chi connectivity index (χ2n) is 7.09. The van der Waals surface area contributed by atoms with Crippen molar-refractivity contribution >= 4 is 28.4 Å². The van der Waals surface area contributed by atoms with Gasteiger partial charge in [0.15, 0.2) is 5.76 Å². The molecule has 2 amide bonds. The zero-order valence-corrected chi connectivity index (χ0v) is 16.7. The van der Waals surface area contributed by atoms with Gasteiger partial charge in [-0.2, -0.15) is 0 Å². The van der Waals surface area contributed by atoms with Crippen LogP contribution in [0.2, 0.25) is 0 Å². The van der Waals surface area contributed by atoms with E-state index >= 15 is 0 Å².